The molecule has 0 aromatic heterocycles. The van der Waals surface area contributed by atoms with E-state index in [9.17, 15) is 4.79 Å². The van der Waals surface area contributed by atoms with Crippen LogP contribution in [0.3, 0.4) is 0 Å². The Morgan fingerprint density at radius 3 is 2.81 bits per heavy atom. The van der Waals surface area contributed by atoms with Crippen LogP contribution in [0.1, 0.15) is 37.7 Å². The Bertz CT molecular complexity index is 825. The summed E-state index contributed by atoms with van der Waals surface area (Å²) in [7, 11) is 1.57. The number of methoxy groups -OCH3 is 1. The van der Waals surface area contributed by atoms with Crippen LogP contribution in [0.15, 0.2) is 21.5 Å². The fraction of sp³-hybridized carbons (Fsp3) is 0.400. The van der Waals surface area contributed by atoms with Crippen molar-refractivity contribution in [3.8, 4) is 23.8 Å². The smallest absolute Gasteiger partial charge is 0.266 e. The molecule has 0 bridgehead atoms. The molecule has 2 aliphatic rings. The van der Waals surface area contributed by atoms with Gasteiger partial charge in [0, 0.05) is 16.1 Å². The van der Waals surface area contributed by atoms with Crippen molar-refractivity contribution in [2.75, 3.05) is 13.7 Å². The van der Waals surface area contributed by atoms with Crippen molar-refractivity contribution in [1.29, 1.82) is 0 Å². The number of terminal acetylenes is 1. The molecule has 1 saturated carbocycles. The minimum absolute atomic E-state index is 0.0289. The lowest BCUT2D eigenvalue weighted by Crippen LogP contribution is -2.39. The Balaban J connectivity index is 1.94. The number of rotatable bonds is 5. The monoisotopic (exact) mass is 465 g/mol. The molecule has 142 valence electrons. The Hall–Kier alpha value is -1.49. The van der Waals surface area contributed by atoms with Gasteiger partial charge in [0.25, 0.3) is 5.91 Å². The number of carbonyl (C=O) groups is 1. The number of hydrogen-bond acceptors (Lipinski definition) is 5. The summed E-state index contributed by atoms with van der Waals surface area (Å²) in [6, 6.07) is 3.89. The zero-order chi connectivity index (χ0) is 19.4. The number of ether oxygens (including phenoxy) is 2. The molecule has 0 N–H and O–H groups in total. The molecule has 1 amide bonds. The van der Waals surface area contributed by atoms with E-state index in [1.165, 1.54) is 18.2 Å². The van der Waals surface area contributed by atoms with Gasteiger partial charge in [-0.15, -0.1) is 6.42 Å². The molecule has 0 radical (unpaired) electrons. The van der Waals surface area contributed by atoms with E-state index in [1.807, 2.05) is 6.07 Å². The maximum atomic E-state index is 13.0. The van der Waals surface area contributed by atoms with Crippen molar-refractivity contribution in [2.45, 2.75) is 38.1 Å². The van der Waals surface area contributed by atoms with Crippen molar-refractivity contribution in [2.24, 2.45) is 0 Å². The number of benzene rings is 1. The highest BCUT2D eigenvalue weighted by Gasteiger charge is 2.37. The summed E-state index contributed by atoms with van der Waals surface area (Å²) < 4.78 is 12.5. The number of halogens is 1. The summed E-state index contributed by atoms with van der Waals surface area (Å²) in [4.78, 5) is 15.4. The average Bonchev–Trinajstić information content (AvgIpc) is 2.94. The van der Waals surface area contributed by atoms with E-state index < -0.39 is 0 Å². The van der Waals surface area contributed by atoms with Crippen LogP contribution in [-0.2, 0) is 4.79 Å². The van der Waals surface area contributed by atoms with Crippen molar-refractivity contribution < 1.29 is 14.3 Å². The first-order valence-corrected chi connectivity index (χ1v) is 10.8. The molecule has 3 rings (SSSR count). The SMILES string of the molecule is C#CCOc1c(/C=C2\SC(=S)N(C3CCCCC3)C2=O)cc(Br)cc1OC. The Morgan fingerprint density at radius 1 is 1.41 bits per heavy atom. The first-order valence-electron chi connectivity index (χ1n) is 8.76. The van der Waals surface area contributed by atoms with Crippen LogP contribution >= 0.6 is 39.9 Å². The van der Waals surface area contributed by atoms with Gasteiger partial charge in [0.1, 0.15) is 10.9 Å². The highest BCUT2D eigenvalue weighted by atomic mass is 79.9. The summed E-state index contributed by atoms with van der Waals surface area (Å²) in [6.45, 7) is 0.113. The Kier molecular flexibility index (Phi) is 6.85. The average molecular weight is 466 g/mol. The van der Waals surface area contributed by atoms with Crippen LogP contribution in [0.2, 0.25) is 0 Å². The Morgan fingerprint density at radius 2 is 2.15 bits per heavy atom. The molecule has 7 heteroatoms. The van der Waals surface area contributed by atoms with Crippen LogP contribution in [0, 0.1) is 12.3 Å². The second-order valence-electron chi connectivity index (χ2n) is 6.36. The first kappa shape index (κ1) is 20.2. The predicted molar refractivity (Wildman–Crippen MR) is 117 cm³/mol. The minimum Gasteiger partial charge on any atom is -0.493 e. The van der Waals surface area contributed by atoms with E-state index >= 15 is 0 Å². The fourth-order valence-corrected chi connectivity index (χ4v) is 5.24. The zero-order valence-corrected chi connectivity index (χ0v) is 18.2. The maximum Gasteiger partial charge on any atom is 0.266 e. The summed E-state index contributed by atoms with van der Waals surface area (Å²) in [5.41, 5.74) is 0.723. The van der Waals surface area contributed by atoms with Gasteiger partial charge in [0.05, 0.1) is 12.0 Å². The first-order chi connectivity index (χ1) is 13.0. The van der Waals surface area contributed by atoms with Crippen LogP contribution in [0.4, 0.5) is 0 Å². The van der Waals surface area contributed by atoms with Crippen LogP contribution in [0.5, 0.6) is 11.5 Å². The molecular weight excluding hydrogens is 446 g/mol. The van der Waals surface area contributed by atoms with Crippen LogP contribution in [-0.4, -0.2) is 34.9 Å². The van der Waals surface area contributed by atoms with Crippen molar-refractivity contribution in [3.63, 3.8) is 0 Å². The quantitative estimate of drug-likeness (QED) is 0.347. The Labute approximate surface area is 177 Å². The molecule has 1 aromatic rings. The number of hydrogen-bond donors (Lipinski definition) is 0. The topological polar surface area (TPSA) is 38.8 Å². The zero-order valence-electron chi connectivity index (χ0n) is 15.0. The van der Waals surface area contributed by atoms with Gasteiger partial charge >= 0.3 is 0 Å². The number of thiocarbonyl (C=S) groups is 1. The summed E-state index contributed by atoms with van der Waals surface area (Å²) in [5.74, 6) is 3.49. The highest BCUT2D eigenvalue weighted by molar-refractivity contribution is 9.10. The fourth-order valence-electron chi connectivity index (χ4n) is 3.39. The second kappa shape index (κ2) is 9.13. The third-order valence-corrected chi connectivity index (χ3v) is 6.41. The summed E-state index contributed by atoms with van der Waals surface area (Å²) in [6.07, 6.45) is 12.7. The maximum absolute atomic E-state index is 13.0. The van der Waals surface area contributed by atoms with E-state index in [1.54, 1.807) is 24.2 Å². The largest absolute Gasteiger partial charge is 0.493 e. The van der Waals surface area contributed by atoms with E-state index in [0.717, 1.165) is 35.7 Å². The van der Waals surface area contributed by atoms with E-state index in [2.05, 4.69) is 21.9 Å². The van der Waals surface area contributed by atoms with E-state index in [4.69, 9.17) is 28.1 Å². The summed E-state index contributed by atoms with van der Waals surface area (Å²) in [5, 5.41) is 0. The molecule has 0 unspecified atom stereocenters. The third-order valence-electron chi connectivity index (χ3n) is 4.62. The summed E-state index contributed by atoms with van der Waals surface area (Å²) >= 11 is 10.3. The normalized spacial score (nSPS) is 19.4. The number of nitrogens with zero attached hydrogens (tertiary/aromatic N) is 1. The molecule has 1 aliphatic carbocycles. The van der Waals surface area contributed by atoms with Gasteiger partial charge < -0.3 is 9.47 Å². The highest BCUT2D eigenvalue weighted by Crippen LogP contribution is 2.41. The molecule has 1 heterocycles. The van der Waals surface area contributed by atoms with E-state index in [0.29, 0.717) is 20.7 Å². The third kappa shape index (κ3) is 4.50. The van der Waals surface area contributed by atoms with Gasteiger partial charge in [-0.2, -0.15) is 0 Å². The van der Waals surface area contributed by atoms with Gasteiger partial charge in [-0.05, 0) is 31.1 Å². The molecule has 0 spiro atoms. The standard InChI is InChI=1S/C20H20BrNO3S2/c1-3-9-25-18-13(10-14(21)12-16(18)24-2)11-17-19(23)22(20(26)27-17)15-7-5-4-6-8-15/h1,10-12,15H,4-9H2,2H3/b17-11-. The van der Waals surface area contributed by atoms with Gasteiger partial charge in [0.15, 0.2) is 11.5 Å². The minimum atomic E-state index is -0.0289. The molecule has 1 saturated heterocycles. The number of carbonyl (C=O) groups excluding carboxylic acids is 1. The van der Waals surface area contributed by atoms with Gasteiger partial charge in [0.2, 0.25) is 0 Å². The molecule has 0 atom stereocenters. The van der Waals surface area contributed by atoms with E-state index in [-0.39, 0.29) is 18.6 Å². The molecular formula is C20H20BrNO3S2. The van der Waals surface area contributed by atoms with Gasteiger partial charge in [-0.3, -0.25) is 9.69 Å². The second-order valence-corrected chi connectivity index (χ2v) is 8.95. The lowest BCUT2D eigenvalue weighted by Gasteiger charge is -2.29. The van der Waals surface area contributed by atoms with Crippen molar-refractivity contribution in [1.82, 2.24) is 4.90 Å². The number of thioether (sulfide) groups is 1. The molecule has 2 fully saturated rings. The van der Waals surface area contributed by atoms with Crippen molar-refractivity contribution >= 4 is 56.2 Å². The van der Waals surface area contributed by atoms with Crippen molar-refractivity contribution in [3.05, 3.63) is 27.1 Å². The lowest BCUT2D eigenvalue weighted by molar-refractivity contribution is -0.124. The van der Waals surface area contributed by atoms with Crippen LogP contribution < -0.4 is 9.47 Å². The van der Waals surface area contributed by atoms with Crippen LogP contribution in [0.25, 0.3) is 6.08 Å². The van der Waals surface area contributed by atoms with Gasteiger partial charge in [-0.25, -0.2) is 0 Å². The molecule has 4 nitrogen and oxygen atoms in total. The molecule has 1 aromatic carbocycles. The molecule has 1 aliphatic heterocycles. The predicted octanol–water partition coefficient (Wildman–Crippen LogP) is 5.00. The van der Waals surface area contributed by atoms with Gasteiger partial charge in [-0.1, -0.05) is 65.1 Å². The molecule has 27 heavy (non-hydrogen) atoms. The lowest BCUT2D eigenvalue weighted by atomic mass is 9.94. The number of amides is 1.